The van der Waals surface area contributed by atoms with E-state index in [2.05, 4.69) is 19.6 Å². The van der Waals surface area contributed by atoms with Gasteiger partial charge in [-0.3, -0.25) is 4.79 Å². The second kappa shape index (κ2) is 9.53. The van der Waals surface area contributed by atoms with Crippen LogP contribution >= 0.6 is 0 Å². The minimum Gasteiger partial charge on any atom is -0.481 e. The second-order valence-corrected chi connectivity index (χ2v) is 11.6. The Hall–Kier alpha value is -3.94. The molecule has 1 aliphatic heterocycles. The van der Waals surface area contributed by atoms with Crippen molar-refractivity contribution in [2.24, 2.45) is 11.3 Å². The third-order valence-corrected chi connectivity index (χ3v) is 8.86. The molecular weight excluding hydrogens is 581 g/mol. The van der Waals surface area contributed by atoms with Crippen molar-refractivity contribution in [3.8, 4) is 23.1 Å². The van der Waals surface area contributed by atoms with Gasteiger partial charge in [0.1, 0.15) is 12.2 Å². The van der Waals surface area contributed by atoms with Crippen LogP contribution in [-0.2, 0) is 22.1 Å². The lowest BCUT2D eigenvalue weighted by molar-refractivity contribution is -0.286. The van der Waals surface area contributed by atoms with Crippen molar-refractivity contribution in [2.45, 2.75) is 76.2 Å². The molecule has 8 rings (SSSR count). The van der Waals surface area contributed by atoms with E-state index in [-0.39, 0.29) is 52.8 Å². The van der Waals surface area contributed by atoms with Crippen LogP contribution in [0.3, 0.4) is 0 Å². The van der Waals surface area contributed by atoms with E-state index in [0.717, 1.165) is 0 Å². The van der Waals surface area contributed by atoms with Gasteiger partial charge >= 0.3 is 18.4 Å². The number of fused-ring (bicyclic) bond motifs is 3. The highest BCUT2D eigenvalue weighted by atomic mass is 19.4. The average molecular weight is 608 g/mol. The molecule has 0 saturated heterocycles. The lowest BCUT2D eigenvalue weighted by Gasteiger charge is -2.34. The molecule has 3 fully saturated rings. The number of carboxylic acid groups (broad SMARTS) is 1. The molecule has 2 bridgehead atoms. The van der Waals surface area contributed by atoms with Gasteiger partial charge in [0.15, 0.2) is 17.2 Å². The van der Waals surface area contributed by atoms with Crippen LogP contribution in [0.25, 0.3) is 5.69 Å². The summed E-state index contributed by atoms with van der Waals surface area (Å²) in [6.07, 6.45) is -6.39. The predicted octanol–water partition coefficient (Wildman–Crippen LogP) is 6.39. The monoisotopic (exact) mass is 607 g/mol. The Bertz CT molecular complexity index is 1600. The summed E-state index contributed by atoms with van der Waals surface area (Å²) >= 11 is 0. The Labute approximate surface area is 241 Å². The van der Waals surface area contributed by atoms with Gasteiger partial charge in [0, 0.05) is 17.8 Å². The van der Waals surface area contributed by atoms with Crippen molar-refractivity contribution in [2.75, 3.05) is 0 Å². The third-order valence-electron chi connectivity index (χ3n) is 8.86. The maximum atomic E-state index is 14.1. The molecular formula is C29H26F5N3O6. The van der Waals surface area contributed by atoms with E-state index in [1.807, 2.05) is 0 Å². The average Bonchev–Trinajstić information content (AvgIpc) is 3.65. The Morgan fingerprint density at radius 2 is 1.91 bits per heavy atom. The fraction of sp³-hybridized carbons (Fsp3) is 0.483. The van der Waals surface area contributed by atoms with Crippen LogP contribution in [0.5, 0.6) is 17.4 Å². The summed E-state index contributed by atoms with van der Waals surface area (Å²) in [6.45, 7) is 1.65. The molecule has 43 heavy (non-hydrogen) atoms. The van der Waals surface area contributed by atoms with Crippen molar-refractivity contribution in [3.05, 3.63) is 59.0 Å². The zero-order valence-corrected chi connectivity index (χ0v) is 22.7. The number of hydrogen-bond donors (Lipinski definition) is 1. The van der Waals surface area contributed by atoms with Gasteiger partial charge in [-0.1, -0.05) is 6.07 Å². The van der Waals surface area contributed by atoms with Gasteiger partial charge in [0.2, 0.25) is 5.88 Å². The van der Waals surface area contributed by atoms with E-state index in [1.54, 1.807) is 6.92 Å². The number of ether oxygens (including phenoxy) is 4. The summed E-state index contributed by atoms with van der Waals surface area (Å²) in [6, 6.07) is 7.17. The standard InChI is InChI=1S/C29H26F5N3O6/c1-14(15-5-6-19-21(9-15)43-29(33,34)42-19)40-23-10-17(7-8-35-23)37-24-18(25(36-37)28(30,31)32)3-2-4-20(24)41-22-13-27(26(38)39)11-16(22)12-27/h5-10,14,16,20,22H,2-4,11-13H2,1H3,(H,38,39)/t14-,16?,20?,22?,27?/m1/s1. The van der Waals surface area contributed by atoms with E-state index >= 15 is 0 Å². The van der Waals surface area contributed by atoms with E-state index in [9.17, 15) is 31.9 Å². The SMILES string of the molecule is C[C@@H](Oc1cc(-n2nc(C(F)(F)F)c3c2C(OC2CC4(C(=O)O)CC2C4)CCC3)ccn1)c1ccc2c(c1)OC(F)(F)O2. The van der Waals surface area contributed by atoms with E-state index in [0.29, 0.717) is 37.7 Å². The topological polar surface area (TPSA) is 105 Å². The van der Waals surface area contributed by atoms with Gasteiger partial charge in [-0.25, -0.2) is 9.67 Å². The lowest BCUT2D eigenvalue weighted by Crippen LogP contribution is -2.36. The zero-order valence-electron chi connectivity index (χ0n) is 22.7. The molecule has 1 N–H and O–H groups in total. The molecule has 0 radical (unpaired) electrons. The van der Waals surface area contributed by atoms with Gasteiger partial charge in [-0.2, -0.15) is 18.3 Å². The number of aliphatic carboxylic acids is 1. The van der Waals surface area contributed by atoms with Crippen molar-refractivity contribution in [1.82, 2.24) is 14.8 Å². The third kappa shape index (κ3) is 4.75. The number of aromatic nitrogens is 3. The highest BCUT2D eigenvalue weighted by Gasteiger charge is 2.61. The maximum Gasteiger partial charge on any atom is 0.586 e. The molecule has 14 heteroatoms. The largest absolute Gasteiger partial charge is 0.586 e. The normalized spacial score (nSPS) is 27.3. The van der Waals surface area contributed by atoms with E-state index < -0.39 is 41.8 Å². The fourth-order valence-electron chi connectivity index (χ4n) is 6.82. The molecule has 3 aromatic rings. The van der Waals surface area contributed by atoms with Crippen molar-refractivity contribution >= 4 is 5.97 Å². The summed E-state index contributed by atoms with van der Waals surface area (Å²) in [5.74, 6) is -0.998. The number of rotatable bonds is 7. The smallest absolute Gasteiger partial charge is 0.481 e. The quantitative estimate of drug-likeness (QED) is 0.308. The van der Waals surface area contributed by atoms with Crippen LogP contribution in [-0.4, -0.2) is 38.2 Å². The number of carbonyl (C=O) groups is 1. The first kappa shape index (κ1) is 27.9. The Morgan fingerprint density at radius 3 is 2.63 bits per heavy atom. The summed E-state index contributed by atoms with van der Waals surface area (Å²) in [5, 5.41) is 13.6. The zero-order chi connectivity index (χ0) is 30.3. The molecule has 3 saturated carbocycles. The van der Waals surface area contributed by atoms with Gasteiger partial charge < -0.3 is 24.1 Å². The van der Waals surface area contributed by atoms with Crippen LogP contribution in [0, 0.1) is 11.3 Å². The number of hydrogen-bond acceptors (Lipinski definition) is 7. The van der Waals surface area contributed by atoms with Crippen LogP contribution in [0.2, 0.25) is 0 Å². The Kier molecular flexibility index (Phi) is 6.18. The number of nitrogens with zero attached hydrogens (tertiary/aromatic N) is 3. The fourth-order valence-corrected chi connectivity index (χ4v) is 6.82. The van der Waals surface area contributed by atoms with Crippen molar-refractivity contribution in [3.63, 3.8) is 0 Å². The van der Waals surface area contributed by atoms with Crippen LogP contribution in [0.15, 0.2) is 36.5 Å². The molecule has 228 valence electrons. The minimum atomic E-state index is -4.70. The first-order valence-electron chi connectivity index (χ1n) is 13.9. The summed E-state index contributed by atoms with van der Waals surface area (Å²) in [7, 11) is 0. The first-order chi connectivity index (χ1) is 20.3. The van der Waals surface area contributed by atoms with E-state index in [1.165, 1.54) is 41.2 Å². The molecule has 0 amide bonds. The van der Waals surface area contributed by atoms with Crippen molar-refractivity contribution in [1.29, 1.82) is 0 Å². The summed E-state index contributed by atoms with van der Waals surface area (Å²) in [4.78, 5) is 16.0. The Morgan fingerprint density at radius 1 is 1.14 bits per heavy atom. The first-order valence-corrected chi connectivity index (χ1v) is 13.9. The van der Waals surface area contributed by atoms with Crippen LogP contribution in [0.1, 0.15) is 73.8 Å². The number of halogens is 5. The van der Waals surface area contributed by atoms with Crippen LogP contribution in [0.4, 0.5) is 22.0 Å². The predicted molar refractivity (Wildman–Crippen MR) is 136 cm³/mol. The number of benzene rings is 1. The lowest BCUT2D eigenvalue weighted by atomic mass is 9.70. The molecule has 0 spiro atoms. The number of pyridine rings is 1. The summed E-state index contributed by atoms with van der Waals surface area (Å²) in [5.41, 5.74) is -0.704. The molecule has 2 unspecified atom stereocenters. The summed E-state index contributed by atoms with van der Waals surface area (Å²) < 4.78 is 91.8. The molecule has 4 aliphatic carbocycles. The van der Waals surface area contributed by atoms with Gasteiger partial charge in [0.25, 0.3) is 0 Å². The molecule has 3 atom stereocenters. The van der Waals surface area contributed by atoms with Crippen LogP contribution < -0.4 is 14.2 Å². The number of alkyl halides is 5. The minimum absolute atomic E-state index is 0.0600. The Balaban J connectivity index is 1.18. The number of carboxylic acids is 1. The molecule has 5 aliphatic rings. The van der Waals surface area contributed by atoms with E-state index in [4.69, 9.17) is 9.47 Å². The molecule has 3 heterocycles. The molecule has 9 nitrogen and oxygen atoms in total. The molecule has 2 aromatic heterocycles. The maximum absolute atomic E-state index is 14.1. The van der Waals surface area contributed by atoms with Crippen molar-refractivity contribution < 1.29 is 50.8 Å². The molecule has 1 aromatic carbocycles. The highest BCUT2D eigenvalue weighted by molar-refractivity contribution is 5.77. The second-order valence-electron chi connectivity index (χ2n) is 11.6. The van der Waals surface area contributed by atoms with Gasteiger partial charge in [-0.15, -0.1) is 8.78 Å². The highest BCUT2D eigenvalue weighted by Crippen LogP contribution is 2.61. The van der Waals surface area contributed by atoms with Gasteiger partial charge in [0.05, 0.1) is 22.9 Å². The van der Waals surface area contributed by atoms with Gasteiger partial charge in [-0.05, 0) is 75.1 Å².